The van der Waals surface area contributed by atoms with Crippen molar-refractivity contribution in [2.45, 2.75) is 78.9 Å². The highest BCUT2D eigenvalue weighted by atomic mass is 35.5. The number of carbonyl (C=O) groups excluding carboxylic acids is 4. The molecular formula is C101H85Cl2N21O14S6. The van der Waals surface area contributed by atoms with E-state index in [0.29, 0.717) is 186 Å². The number of ketones is 4. The molecule has 0 atom stereocenters. The molecule has 0 aliphatic heterocycles. The Labute approximate surface area is 854 Å². The van der Waals surface area contributed by atoms with Gasteiger partial charge in [-0.3, -0.25) is 49.8 Å². The second-order valence-corrected chi connectivity index (χ2v) is 37.8. The number of hydrogen-bond acceptors (Lipinski definition) is 33. The Morgan fingerprint density at radius 1 is 0.382 bits per heavy atom. The predicted octanol–water partition coefficient (Wildman–Crippen LogP) is 25.4. The van der Waals surface area contributed by atoms with Crippen molar-refractivity contribution < 1.29 is 65.0 Å². The number of carbonyl (C=O) groups is 4. The molecule has 0 fully saturated rings. The minimum absolute atomic E-state index is 0.0703. The molecule has 15 heterocycles. The van der Waals surface area contributed by atoms with Crippen LogP contribution in [-0.2, 0) is 19.2 Å². The van der Waals surface area contributed by atoms with Crippen LogP contribution < -0.4 is 4.74 Å². The van der Waals surface area contributed by atoms with Crippen LogP contribution in [0.5, 0.6) is 5.75 Å². The number of furan rings is 7. The van der Waals surface area contributed by atoms with Gasteiger partial charge >= 0.3 is 0 Å². The highest BCUT2D eigenvalue weighted by molar-refractivity contribution is 8.00. The fourth-order valence-electron chi connectivity index (χ4n) is 13.2. The number of nitrogens with one attached hydrogen (secondary N) is 8. The topological polar surface area (TPSA) is 515 Å². The number of nitriles is 1. The van der Waals surface area contributed by atoms with Crippen LogP contribution in [0.3, 0.4) is 0 Å². The van der Waals surface area contributed by atoms with Crippen molar-refractivity contribution in [1.29, 1.82) is 5.26 Å². The number of thioether (sulfide) groups is 6. The van der Waals surface area contributed by atoms with Gasteiger partial charge < -0.3 is 55.8 Å². The van der Waals surface area contributed by atoms with Crippen molar-refractivity contribution in [3.8, 4) is 149 Å². The van der Waals surface area contributed by atoms with Crippen LogP contribution in [0.4, 0.5) is 0 Å². The van der Waals surface area contributed by atoms with Crippen molar-refractivity contribution in [3.63, 3.8) is 0 Å². The third-order valence-corrected chi connectivity index (χ3v) is 26.4. The lowest BCUT2D eigenvalue weighted by Crippen LogP contribution is -1.94. The third kappa shape index (κ3) is 27.3. The zero-order valence-corrected chi connectivity index (χ0v) is 83.7. The van der Waals surface area contributed by atoms with E-state index in [-0.39, 0.29) is 34.7 Å². The van der Waals surface area contributed by atoms with Crippen LogP contribution in [-0.4, -0.2) is 176 Å². The number of aromatic amines is 8. The van der Waals surface area contributed by atoms with Gasteiger partial charge in [0, 0.05) is 77.4 Å². The number of ether oxygens (including phenoxy) is 1. The van der Waals surface area contributed by atoms with Gasteiger partial charge in [0.1, 0.15) is 69.3 Å². The number of benzene rings is 6. The molecule has 43 heteroatoms. The number of para-hydroxylation sites is 1. The van der Waals surface area contributed by atoms with Crippen LogP contribution in [0.2, 0.25) is 10.0 Å². The number of nitrogens with zero attached hydrogens (tertiary/aromatic N) is 13. The van der Waals surface area contributed by atoms with Gasteiger partial charge in [0.25, 0.3) is 0 Å². The maximum absolute atomic E-state index is 11.0. The van der Waals surface area contributed by atoms with E-state index in [1.54, 1.807) is 13.1 Å². The van der Waals surface area contributed by atoms with Crippen molar-refractivity contribution in [1.82, 2.24) is 101 Å². The molecule has 0 radical (unpaired) electrons. The first-order valence-corrected chi connectivity index (χ1v) is 50.5. The zero-order valence-electron chi connectivity index (χ0n) is 77.2. The summed E-state index contributed by atoms with van der Waals surface area (Å²) < 4.78 is 46.5. The first kappa shape index (κ1) is 101. The molecule has 15 aromatic heterocycles. The van der Waals surface area contributed by atoms with E-state index in [0.717, 1.165) is 89.8 Å². The number of aliphatic hydroxyl groups is 2. The van der Waals surface area contributed by atoms with E-state index >= 15 is 0 Å². The molecule has 0 spiro atoms. The highest BCUT2D eigenvalue weighted by Gasteiger charge is 2.22. The lowest BCUT2D eigenvalue weighted by molar-refractivity contribution is -0.115. The van der Waals surface area contributed by atoms with Gasteiger partial charge in [-0.25, -0.2) is 0 Å². The molecule has 0 aliphatic rings. The van der Waals surface area contributed by atoms with Gasteiger partial charge in [-0.2, -0.15) is 35.2 Å². The summed E-state index contributed by atoms with van der Waals surface area (Å²) in [6.45, 7) is 17.7. The molecule has 728 valence electrons. The normalized spacial score (nSPS) is 11.0. The quantitative estimate of drug-likeness (QED) is 0.0135. The van der Waals surface area contributed by atoms with E-state index < -0.39 is 0 Å². The van der Waals surface area contributed by atoms with Gasteiger partial charge in [0.05, 0.1) is 58.2 Å². The second kappa shape index (κ2) is 48.1. The monoisotopic (exact) mass is 2080 g/mol. The standard InChI is InChI=1S/C18H13N5O2S.C18H19N3O3S.C17H14N4O2S.C17H13N3O3S.C16H14ClN3O2S.C15H12ClN3O2S/c1-10(24)9-26-18-21-17(22-23-18)16-5-4-15(25-16)11-2-3-13-12(7-19)8-20-14(13)6-11;1-3-9-23-14-6-4-5-13(10-14)15-7-8-16(24-15)17-19-18(21-20-17)25-11-12(2)22;1-10(22)9-24-17-19-16(20-21-17)15-5-4-14(23-15)12-2-3-13-11(8-12)6-7-18-13;1-10(21)9-24-17-18-16(19-20-17)14-7-6-13(23-14)15-8-11-4-2-3-5-12(11)22-15;1-9-3-4-11(7-12(9)17)13-5-6-14(22-13)15-18-16(20-19-15)23-8-10(2)21;1-9(20)8-22-15-17-14(18-19-15)13-6-5-12(21-13)10-3-2-4-11(16)7-10/h2-6,8,20,24H,1,9H2,(H,21,22,23);4-8,10H,3,9,11H2,1-2H3,(H,19,20,21);2-8,18H,9H2,1H3,(H,19,20,21);2-8H,9H2,1H3,(H,18,19,20);3-7H,8H2,1-2H3,(H,18,19,20);2-7,20H,1,8H2,(H,17,18,19). The van der Waals surface area contributed by atoms with E-state index in [4.69, 9.17) is 74.3 Å². The minimum atomic E-state index is 0.0703. The van der Waals surface area contributed by atoms with Crippen molar-refractivity contribution in [2.24, 2.45) is 0 Å². The number of aryl methyl sites for hydroxylation is 1. The molecule has 10 N–H and O–H groups in total. The number of aromatic nitrogens is 20. The smallest absolute Gasteiger partial charge is 0.209 e. The van der Waals surface area contributed by atoms with E-state index in [2.05, 4.69) is 133 Å². The highest BCUT2D eigenvalue weighted by Crippen LogP contribution is 2.39. The van der Waals surface area contributed by atoms with Gasteiger partial charge in [-0.1, -0.05) is 181 Å². The lowest BCUT2D eigenvalue weighted by Gasteiger charge is -2.05. The molecule has 21 rings (SSSR count). The maximum Gasteiger partial charge on any atom is 0.209 e. The van der Waals surface area contributed by atoms with Crippen LogP contribution in [0, 0.1) is 18.3 Å². The summed E-state index contributed by atoms with van der Waals surface area (Å²) in [5, 5.41) is 76.2. The molecule has 0 saturated heterocycles. The van der Waals surface area contributed by atoms with E-state index in [9.17, 15) is 19.2 Å². The Morgan fingerprint density at radius 3 is 1.18 bits per heavy atom. The van der Waals surface area contributed by atoms with Crippen LogP contribution in [0.15, 0.2) is 311 Å². The number of halogens is 2. The number of Topliss-reactive ketones (excluding diaryl/α,β-unsaturated/α-hetero) is 4. The Bertz CT molecular complexity index is 7980. The SMILES string of the molecule is C=C(O)CSc1n[nH]c(-c2ccc(-c3ccc4c(C#N)c[nH]c4c3)o2)n1.C=C(O)CSc1n[nH]c(-c2ccc(-c3cccc(Cl)c3)o2)n1.CC(=O)CSc1n[nH]c(-c2ccc(-c3cc4ccccc4o3)o2)n1.CC(=O)CSc1n[nH]c(-c2ccc(-c3ccc(C)c(Cl)c3)o2)n1.CC(=O)CSc1n[nH]c(-c2ccc(-c3ccc4[nH]ccc4c3)o2)n1.CCCOc1cccc(-c2ccc(-c3nc(SCC(C)=O)n[nH]3)o2)c1. The van der Waals surface area contributed by atoms with E-state index in [1.807, 2.05) is 219 Å². The number of rotatable bonds is 33. The van der Waals surface area contributed by atoms with Crippen LogP contribution in [0.1, 0.15) is 52.2 Å². The third-order valence-electron chi connectivity index (χ3n) is 19.9. The number of aliphatic hydroxyl groups excluding tert-OH is 2. The molecular weight excluding hydrogens is 1990 g/mol. The second-order valence-electron chi connectivity index (χ2n) is 31.3. The Hall–Kier alpha value is -15.8. The van der Waals surface area contributed by atoms with Crippen LogP contribution >= 0.6 is 93.8 Å². The number of H-pyrrole nitrogens is 8. The average Bonchev–Trinajstić information content (AvgIpc) is 1.66. The summed E-state index contributed by atoms with van der Waals surface area (Å²) in [6, 6.07) is 68.9. The van der Waals surface area contributed by atoms with Crippen molar-refractivity contribution in [2.75, 3.05) is 41.1 Å². The molecule has 0 aliphatic carbocycles. The first-order chi connectivity index (χ1) is 69.8. The molecule has 21 aromatic rings. The summed E-state index contributed by atoms with van der Waals surface area (Å²) in [5.41, 5.74) is 9.03. The minimum Gasteiger partial charge on any atom is -0.512 e. The average molecular weight is 2080 g/mol. The Kier molecular flexibility index (Phi) is 33.8. The van der Waals surface area contributed by atoms with Gasteiger partial charge in [0.2, 0.25) is 30.9 Å². The summed E-state index contributed by atoms with van der Waals surface area (Å²) in [4.78, 5) is 76.3. The fraction of sp³-hybridized carbons (Fsp3) is 0.139. The zero-order chi connectivity index (χ0) is 101. The van der Waals surface area contributed by atoms with E-state index in [1.165, 1.54) is 91.3 Å². The lowest BCUT2D eigenvalue weighted by atomic mass is 10.1. The first-order valence-electron chi connectivity index (χ1n) is 43.8. The molecule has 0 amide bonds. The largest absolute Gasteiger partial charge is 0.512 e. The van der Waals surface area contributed by atoms with Gasteiger partial charge in [-0.05, 0) is 192 Å². The maximum atomic E-state index is 11.0. The molecule has 144 heavy (non-hydrogen) atoms. The molecule has 0 bridgehead atoms. The number of hydrogen-bond donors (Lipinski definition) is 10. The molecule has 35 nitrogen and oxygen atoms in total. The fourth-order valence-corrected chi connectivity index (χ4v) is 17.1. The van der Waals surface area contributed by atoms with Gasteiger partial charge in [0.15, 0.2) is 81.0 Å². The molecule has 0 saturated carbocycles. The summed E-state index contributed by atoms with van der Waals surface area (Å²) in [6.07, 6.45) is 4.57. The Morgan fingerprint density at radius 2 is 0.764 bits per heavy atom. The predicted molar refractivity (Wildman–Crippen MR) is 556 cm³/mol. The Balaban J connectivity index is 0.000000124. The number of fused-ring (bicyclic) bond motifs is 3. The molecule has 6 aromatic carbocycles. The van der Waals surface area contributed by atoms with Gasteiger partial charge in [-0.15, -0.1) is 30.6 Å². The van der Waals surface area contributed by atoms with Crippen molar-refractivity contribution in [3.05, 3.63) is 271 Å². The summed E-state index contributed by atoms with van der Waals surface area (Å²) in [5.74, 6) is 14.9. The summed E-state index contributed by atoms with van der Waals surface area (Å²) >= 11 is 19.9. The summed E-state index contributed by atoms with van der Waals surface area (Å²) in [7, 11) is 0. The van der Waals surface area contributed by atoms with Crippen molar-refractivity contribution >= 4 is 150 Å². The van der Waals surface area contributed by atoms with Crippen LogP contribution in [0.25, 0.3) is 170 Å². The molecule has 0 unspecified atom stereocenters.